The Labute approximate surface area is 183 Å². The number of hydrogen-bond acceptors (Lipinski definition) is 2. The van der Waals surface area contributed by atoms with Gasteiger partial charge in [0.25, 0.3) is 0 Å². The van der Waals surface area contributed by atoms with Crippen molar-refractivity contribution in [2.45, 2.75) is 123 Å². The normalized spacial score (nSPS) is 48.0. The molecule has 0 amide bonds. The van der Waals surface area contributed by atoms with E-state index in [1.54, 1.807) is 0 Å². The summed E-state index contributed by atoms with van der Waals surface area (Å²) < 4.78 is 13.3. The van der Waals surface area contributed by atoms with Crippen molar-refractivity contribution < 1.29 is 8.85 Å². The zero-order chi connectivity index (χ0) is 21.2. The number of fused-ring (bicyclic) bond motifs is 5. The second-order valence-electron chi connectivity index (χ2n) is 13.6. The van der Waals surface area contributed by atoms with Crippen molar-refractivity contribution >= 4 is 16.6 Å². The van der Waals surface area contributed by atoms with Crippen LogP contribution >= 0.6 is 0 Å². The molecular formula is C25H48O2Si2. The largest absolute Gasteiger partial charge is 0.415 e. The highest BCUT2D eigenvalue weighted by molar-refractivity contribution is 6.70. The number of hydrogen-bond donors (Lipinski definition) is 0. The van der Waals surface area contributed by atoms with Gasteiger partial charge in [0, 0.05) is 6.10 Å². The van der Waals surface area contributed by atoms with Crippen LogP contribution < -0.4 is 0 Å². The maximum absolute atomic E-state index is 6.77. The van der Waals surface area contributed by atoms with E-state index in [0.717, 1.165) is 23.7 Å². The van der Waals surface area contributed by atoms with Crippen molar-refractivity contribution in [3.63, 3.8) is 0 Å². The van der Waals surface area contributed by atoms with Crippen LogP contribution in [0.25, 0.3) is 0 Å². The molecule has 5 unspecified atom stereocenters. The van der Waals surface area contributed by atoms with Crippen LogP contribution in [0.3, 0.4) is 0 Å². The Kier molecular flexibility index (Phi) is 5.79. The minimum Gasteiger partial charge on any atom is -0.415 e. The minimum absolute atomic E-state index is 0.447. The average Bonchev–Trinajstić information content (AvgIpc) is 2.89. The Morgan fingerprint density at radius 3 is 1.93 bits per heavy atom. The summed E-state index contributed by atoms with van der Waals surface area (Å²) in [6.45, 7) is 19.5. The Hall–Kier alpha value is 0.354. The van der Waals surface area contributed by atoms with Gasteiger partial charge in [-0.05, 0) is 132 Å². The first-order chi connectivity index (χ1) is 13.3. The van der Waals surface area contributed by atoms with Gasteiger partial charge in [0.15, 0.2) is 16.6 Å². The van der Waals surface area contributed by atoms with Crippen LogP contribution in [-0.2, 0) is 8.85 Å². The molecule has 0 aliphatic heterocycles. The van der Waals surface area contributed by atoms with Gasteiger partial charge in [-0.1, -0.05) is 13.8 Å². The van der Waals surface area contributed by atoms with E-state index in [2.05, 4.69) is 53.1 Å². The summed E-state index contributed by atoms with van der Waals surface area (Å²) in [7, 11) is -2.90. The van der Waals surface area contributed by atoms with Crippen molar-refractivity contribution in [1.29, 1.82) is 0 Å². The van der Waals surface area contributed by atoms with Gasteiger partial charge in [0.2, 0.25) is 0 Å². The lowest BCUT2D eigenvalue weighted by Gasteiger charge is -2.61. The highest BCUT2D eigenvalue weighted by Crippen LogP contribution is 2.66. The molecule has 8 atom stereocenters. The molecule has 0 N–H and O–H groups in total. The van der Waals surface area contributed by atoms with Gasteiger partial charge in [0.1, 0.15) is 0 Å². The van der Waals surface area contributed by atoms with Gasteiger partial charge in [-0.15, -0.1) is 0 Å². The molecule has 168 valence electrons. The molecule has 0 aromatic rings. The first-order valence-corrected chi connectivity index (χ1v) is 19.5. The second-order valence-corrected chi connectivity index (χ2v) is 22.5. The molecular weight excluding hydrogens is 388 g/mol. The van der Waals surface area contributed by atoms with Crippen LogP contribution in [0.5, 0.6) is 0 Å². The van der Waals surface area contributed by atoms with Crippen LogP contribution in [0.2, 0.25) is 39.3 Å². The van der Waals surface area contributed by atoms with E-state index < -0.39 is 16.6 Å². The predicted octanol–water partition coefficient (Wildman–Crippen LogP) is 7.47. The predicted molar refractivity (Wildman–Crippen MR) is 128 cm³/mol. The van der Waals surface area contributed by atoms with Crippen molar-refractivity contribution in [3.05, 3.63) is 0 Å². The van der Waals surface area contributed by atoms with Gasteiger partial charge in [-0.2, -0.15) is 0 Å². The summed E-state index contributed by atoms with van der Waals surface area (Å²) in [5.41, 5.74) is 1.02. The zero-order valence-electron chi connectivity index (χ0n) is 20.6. The van der Waals surface area contributed by atoms with E-state index in [1.807, 2.05) is 0 Å². The fourth-order valence-electron chi connectivity index (χ4n) is 8.40. The fourth-order valence-corrected chi connectivity index (χ4v) is 10.9. The molecule has 0 spiro atoms. The van der Waals surface area contributed by atoms with Crippen molar-refractivity contribution in [2.24, 2.45) is 34.5 Å². The molecule has 4 rings (SSSR count). The van der Waals surface area contributed by atoms with Crippen molar-refractivity contribution in [1.82, 2.24) is 0 Å². The van der Waals surface area contributed by atoms with E-state index >= 15 is 0 Å². The van der Waals surface area contributed by atoms with Crippen LogP contribution in [0, 0.1) is 34.5 Å². The van der Waals surface area contributed by atoms with Crippen molar-refractivity contribution in [3.8, 4) is 0 Å². The maximum atomic E-state index is 6.77. The first-order valence-electron chi connectivity index (χ1n) is 12.7. The van der Waals surface area contributed by atoms with Crippen LogP contribution in [0.4, 0.5) is 0 Å². The minimum atomic E-state index is -1.47. The summed E-state index contributed by atoms with van der Waals surface area (Å²) in [6, 6.07) is 0. The molecule has 0 saturated heterocycles. The van der Waals surface area contributed by atoms with E-state index in [1.165, 1.54) is 57.8 Å². The molecule has 0 radical (unpaired) electrons. The van der Waals surface area contributed by atoms with Gasteiger partial charge >= 0.3 is 0 Å². The Morgan fingerprint density at radius 2 is 1.28 bits per heavy atom. The quantitative estimate of drug-likeness (QED) is 0.425. The SMILES string of the molecule is CC12CC[C@@H](O[Si](C)(C)C)C[C@@H]1CCC1C2CCC2(C)C1CC[C@@H]2O[Si](C)(C)C. The highest BCUT2D eigenvalue weighted by Gasteiger charge is 2.60. The van der Waals surface area contributed by atoms with Crippen LogP contribution in [0.1, 0.15) is 71.6 Å². The van der Waals surface area contributed by atoms with E-state index in [0.29, 0.717) is 23.0 Å². The monoisotopic (exact) mass is 436 g/mol. The van der Waals surface area contributed by atoms with Crippen molar-refractivity contribution in [2.75, 3.05) is 0 Å². The fraction of sp³-hybridized carbons (Fsp3) is 1.00. The molecule has 4 aliphatic carbocycles. The van der Waals surface area contributed by atoms with E-state index in [4.69, 9.17) is 8.85 Å². The summed E-state index contributed by atoms with van der Waals surface area (Å²) >= 11 is 0. The Balaban J connectivity index is 1.49. The van der Waals surface area contributed by atoms with Gasteiger partial charge in [-0.3, -0.25) is 0 Å². The molecule has 4 fully saturated rings. The third-order valence-corrected chi connectivity index (χ3v) is 11.6. The second kappa shape index (κ2) is 7.45. The third kappa shape index (κ3) is 4.21. The maximum Gasteiger partial charge on any atom is 0.184 e. The Bertz CT molecular complexity index is 609. The van der Waals surface area contributed by atoms with E-state index in [9.17, 15) is 0 Å². The van der Waals surface area contributed by atoms with Gasteiger partial charge < -0.3 is 8.85 Å². The topological polar surface area (TPSA) is 18.5 Å². The van der Waals surface area contributed by atoms with Gasteiger partial charge in [-0.25, -0.2) is 0 Å². The van der Waals surface area contributed by atoms with Gasteiger partial charge in [0.05, 0.1) is 6.10 Å². The van der Waals surface area contributed by atoms with Crippen LogP contribution in [0.15, 0.2) is 0 Å². The molecule has 2 nitrogen and oxygen atoms in total. The summed E-state index contributed by atoms with van der Waals surface area (Å²) in [4.78, 5) is 0. The highest BCUT2D eigenvalue weighted by atomic mass is 28.4. The molecule has 0 bridgehead atoms. The average molecular weight is 437 g/mol. The zero-order valence-corrected chi connectivity index (χ0v) is 22.6. The lowest BCUT2D eigenvalue weighted by atomic mass is 9.45. The summed E-state index contributed by atoms with van der Waals surface area (Å²) in [6.07, 6.45) is 13.7. The molecule has 4 aliphatic rings. The lowest BCUT2D eigenvalue weighted by Crippen LogP contribution is -2.55. The molecule has 4 saturated carbocycles. The number of rotatable bonds is 4. The Morgan fingerprint density at radius 1 is 0.655 bits per heavy atom. The van der Waals surface area contributed by atoms with Crippen LogP contribution in [-0.4, -0.2) is 28.8 Å². The molecule has 29 heavy (non-hydrogen) atoms. The lowest BCUT2D eigenvalue weighted by molar-refractivity contribution is -0.130. The smallest absolute Gasteiger partial charge is 0.184 e. The molecule has 0 heterocycles. The summed E-state index contributed by atoms with van der Waals surface area (Å²) in [5.74, 6) is 3.73. The molecule has 0 aromatic carbocycles. The third-order valence-electron chi connectivity index (χ3n) is 9.55. The van der Waals surface area contributed by atoms with E-state index in [-0.39, 0.29) is 0 Å². The molecule has 4 heteroatoms. The first kappa shape index (κ1) is 22.5. The molecule has 0 aromatic heterocycles. The summed E-state index contributed by atoms with van der Waals surface area (Å²) in [5, 5.41) is 0. The standard InChI is InChI=1S/C25H48O2Si2/c1-24-15-13-19(26-28(3,4)5)17-18(24)9-10-20-21-11-12-23(27-29(6,7)8)25(21,2)16-14-22(20)24/h18-23H,9-17H2,1-8H3/t18-,19+,20?,21?,22?,23-,24?,25?/m0/s1.